The SMILES string of the molecule is NCCCc1n[nH]c2nc([C@@H]3C[C@H](O)[C@@H](CO)O3)nc(N)c12. The predicted molar refractivity (Wildman–Crippen MR) is 78.8 cm³/mol. The van der Waals surface area contributed by atoms with Gasteiger partial charge in [0.05, 0.1) is 23.8 Å². The zero-order chi connectivity index (χ0) is 15.7. The number of nitrogens with two attached hydrogens (primary N) is 2. The Morgan fingerprint density at radius 3 is 2.86 bits per heavy atom. The third-order valence-corrected chi connectivity index (χ3v) is 3.85. The van der Waals surface area contributed by atoms with E-state index in [1.807, 2.05) is 0 Å². The minimum atomic E-state index is -0.739. The van der Waals surface area contributed by atoms with Crippen LogP contribution in [0.25, 0.3) is 11.0 Å². The van der Waals surface area contributed by atoms with Crippen LogP contribution in [0.1, 0.15) is 30.5 Å². The van der Waals surface area contributed by atoms with E-state index >= 15 is 0 Å². The first-order valence-corrected chi connectivity index (χ1v) is 7.28. The third-order valence-electron chi connectivity index (χ3n) is 3.85. The molecule has 0 amide bonds. The van der Waals surface area contributed by atoms with Gasteiger partial charge in [-0.2, -0.15) is 5.10 Å². The Hall–Kier alpha value is -1.81. The van der Waals surface area contributed by atoms with Crippen LogP contribution in [0, 0.1) is 0 Å². The van der Waals surface area contributed by atoms with Crippen LogP contribution in [0.15, 0.2) is 0 Å². The van der Waals surface area contributed by atoms with E-state index in [-0.39, 0.29) is 6.61 Å². The summed E-state index contributed by atoms with van der Waals surface area (Å²) >= 11 is 0. The molecule has 1 saturated heterocycles. The quantitative estimate of drug-likeness (QED) is 0.471. The van der Waals surface area contributed by atoms with E-state index in [0.29, 0.717) is 42.1 Å². The van der Waals surface area contributed by atoms with Gasteiger partial charge in [0.15, 0.2) is 11.5 Å². The standard InChI is InChI=1S/C13H20N6O3/c14-3-1-2-6-10-11(15)16-12(17-13(10)19-18-6)8-4-7(21)9(5-20)22-8/h7-9,20-21H,1-5,14H2,(H3,15,16,17,18,19)/t7-,8-,9+/m0/s1. The zero-order valence-electron chi connectivity index (χ0n) is 12.1. The number of H-pyrrole nitrogens is 1. The number of aromatic nitrogens is 4. The van der Waals surface area contributed by atoms with Gasteiger partial charge in [0.1, 0.15) is 18.0 Å². The number of nitrogens with zero attached hydrogens (tertiary/aromatic N) is 3. The molecule has 0 aromatic carbocycles. The van der Waals surface area contributed by atoms with Crippen molar-refractivity contribution in [3.8, 4) is 0 Å². The number of aliphatic hydroxyl groups is 2. The molecular weight excluding hydrogens is 288 g/mol. The van der Waals surface area contributed by atoms with Gasteiger partial charge in [-0.1, -0.05) is 0 Å². The summed E-state index contributed by atoms with van der Waals surface area (Å²) in [6.07, 6.45) is -0.0181. The van der Waals surface area contributed by atoms with Gasteiger partial charge >= 0.3 is 0 Å². The minimum absolute atomic E-state index is 0.247. The number of nitrogens with one attached hydrogen (secondary N) is 1. The van der Waals surface area contributed by atoms with E-state index in [1.165, 1.54) is 0 Å². The number of nitrogen functional groups attached to an aromatic ring is 1. The molecule has 2 aromatic heterocycles. The van der Waals surface area contributed by atoms with E-state index in [1.54, 1.807) is 0 Å². The van der Waals surface area contributed by atoms with Gasteiger partial charge in [0.2, 0.25) is 0 Å². The van der Waals surface area contributed by atoms with Gasteiger partial charge in [0.25, 0.3) is 0 Å². The summed E-state index contributed by atoms with van der Waals surface area (Å²) in [5.74, 6) is 0.709. The van der Waals surface area contributed by atoms with E-state index in [2.05, 4.69) is 20.2 Å². The van der Waals surface area contributed by atoms with Crippen LogP contribution in [-0.2, 0) is 11.2 Å². The molecule has 7 N–H and O–H groups in total. The number of hydrogen-bond donors (Lipinski definition) is 5. The molecule has 120 valence electrons. The number of aliphatic hydroxyl groups excluding tert-OH is 2. The first-order chi connectivity index (χ1) is 10.6. The molecule has 0 aliphatic carbocycles. The normalized spacial score (nSPS) is 25.1. The Bertz CT molecular complexity index is 661. The van der Waals surface area contributed by atoms with Gasteiger partial charge in [-0.25, -0.2) is 9.97 Å². The van der Waals surface area contributed by atoms with Crippen LogP contribution in [-0.4, -0.2) is 55.7 Å². The van der Waals surface area contributed by atoms with Crippen molar-refractivity contribution in [1.82, 2.24) is 20.2 Å². The fraction of sp³-hybridized carbons (Fsp3) is 0.615. The second-order valence-corrected chi connectivity index (χ2v) is 5.40. The smallest absolute Gasteiger partial charge is 0.162 e. The lowest BCUT2D eigenvalue weighted by atomic mass is 10.1. The summed E-state index contributed by atoms with van der Waals surface area (Å²) in [6.45, 7) is 0.326. The first-order valence-electron chi connectivity index (χ1n) is 7.28. The van der Waals surface area contributed by atoms with E-state index in [0.717, 1.165) is 12.1 Å². The molecule has 1 aliphatic rings. The Labute approximate surface area is 126 Å². The van der Waals surface area contributed by atoms with E-state index < -0.39 is 18.3 Å². The lowest BCUT2D eigenvalue weighted by Crippen LogP contribution is -2.24. The molecule has 2 aromatic rings. The van der Waals surface area contributed by atoms with Crippen molar-refractivity contribution in [2.75, 3.05) is 18.9 Å². The summed E-state index contributed by atoms with van der Waals surface area (Å²) in [5, 5.41) is 26.7. The number of anilines is 1. The topological polar surface area (TPSA) is 156 Å². The maximum atomic E-state index is 9.80. The highest BCUT2D eigenvalue weighted by Crippen LogP contribution is 2.33. The second-order valence-electron chi connectivity index (χ2n) is 5.40. The number of ether oxygens (including phenoxy) is 1. The molecule has 3 heterocycles. The van der Waals surface area contributed by atoms with Crippen LogP contribution in [0.3, 0.4) is 0 Å². The van der Waals surface area contributed by atoms with Crippen LogP contribution >= 0.6 is 0 Å². The van der Waals surface area contributed by atoms with Gasteiger partial charge in [-0.15, -0.1) is 0 Å². The van der Waals surface area contributed by atoms with Crippen molar-refractivity contribution in [1.29, 1.82) is 0 Å². The minimum Gasteiger partial charge on any atom is -0.394 e. The van der Waals surface area contributed by atoms with Crippen molar-refractivity contribution in [2.24, 2.45) is 5.73 Å². The highest BCUT2D eigenvalue weighted by molar-refractivity contribution is 5.87. The average molecular weight is 308 g/mol. The largest absolute Gasteiger partial charge is 0.394 e. The Morgan fingerprint density at radius 2 is 2.18 bits per heavy atom. The fourth-order valence-electron chi connectivity index (χ4n) is 2.69. The zero-order valence-corrected chi connectivity index (χ0v) is 12.1. The number of fused-ring (bicyclic) bond motifs is 1. The molecule has 0 saturated carbocycles. The molecule has 3 rings (SSSR count). The maximum Gasteiger partial charge on any atom is 0.162 e. The Kier molecular flexibility index (Phi) is 4.21. The molecule has 0 spiro atoms. The molecule has 3 atom stereocenters. The highest BCUT2D eigenvalue weighted by atomic mass is 16.5. The second kappa shape index (κ2) is 6.13. The van der Waals surface area contributed by atoms with Crippen LogP contribution in [0.4, 0.5) is 5.82 Å². The molecule has 0 radical (unpaired) electrons. The van der Waals surface area contributed by atoms with Gasteiger partial charge < -0.3 is 26.4 Å². The van der Waals surface area contributed by atoms with E-state index in [4.69, 9.17) is 21.3 Å². The molecule has 1 aliphatic heterocycles. The van der Waals surface area contributed by atoms with Gasteiger partial charge in [-0.3, -0.25) is 5.10 Å². The molecule has 0 unspecified atom stereocenters. The maximum absolute atomic E-state index is 9.80. The van der Waals surface area contributed by atoms with Crippen LogP contribution < -0.4 is 11.5 Å². The Balaban J connectivity index is 1.90. The highest BCUT2D eigenvalue weighted by Gasteiger charge is 2.36. The molecule has 0 bridgehead atoms. The average Bonchev–Trinajstić information content (AvgIpc) is 3.08. The van der Waals surface area contributed by atoms with Crippen LogP contribution in [0.2, 0.25) is 0 Å². The fourth-order valence-corrected chi connectivity index (χ4v) is 2.69. The number of rotatable bonds is 5. The Morgan fingerprint density at radius 1 is 1.36 bits per heavy atom. The van der Waals surface area contributed by atoms with Gasteiger partial charge in [0, 0.05) is 6.42 Å². The summed E-state index contributed by atoms with van der Waals surface area (Å²) in [7, 11) is 0. The third kappa shape index (κ3) is 2.63. The summed E-state index contributed by atoms with van der Waals surface area (Å²) in [4.78, 5) is 8.68. The summed E-state index contributed by atoms with van der Waals surface area (Å²) in [5.41, 5.74) is 12.9. The van der Waals surface area contributed by atoms with Crippen molar-refractivity contribution >= 4 is 16.9 Å². The van der Waals surface area contributed by atoms with Crippen molar-refractivity contribution < 1.29 is 14.9 Å². The predicted octanol–water partition coefficient (Wildman–Crippen LogP) is -0.990. The summed E-state index contributed by atoms with van der Waals surface area (Å²) in [6, 6.07) is 0. The number of hydrogen-bond acceptors (Lipinski definition) is 8. The monoisotopic (exact) mass is 308 g/mol. The van der Waals surface area contributed by atoms with Gasteiger partial charge in [-0.05, 0) is 19.4 Å². The lowest BCUT2D eigenvalue weighted by molar-refractivity contribution is -0.0246. The lowest BCUT2D eigenvalue weighted by Gasteiger charge is -2.11. The van der Waals surface area contributed by atoms with Crippen molar-refractivity contribution in [3.63, 3.8) is 0 Å². The van der Waals surface area contributed by atoms with Crippen molar-refractivity contribution in [2.45, 2.75) is 37.6 Å². The first kappa shape index (κ1) is 15.1. The molecule has 1 fully saturated rings. The van der Waals surface area contributed by atoms with E-state index in [9.17, 15) is 5.11 Å². The van der Waals surface area contributed by atoms with Crippen LogP contribution in [0.5, 0.6) is 0 Å². The number of aromatic amines is 1. The molecule has 9 nitrogen and oxygen atoms in total. The summed E-state index contributed by atoms with van der Waals surface area (Å²) < 4.78 is 5.55. The molecule has 9 heteroatoms. The number of aryl methyl sites for hydroxylation is 1. The molecular formula is C13H20N6O3. The van der Waals surface area contributed by atoms with Crippen molar-refractivity contribution in [3.05, 3.63) is 11.5 Å². The molecule has 22 heavy (non-hydrogen) atoms.